The zero-order chi connectivity index (χ0) is 19.6. The fourth-order valence-corrected chi connectivity index (χ4v) is 4.83. The lowest BCUT2D eigenvalue weighted by Gasteiger charge is -2.27. The molecule has 152 valence electrons. The van der Waals surface area contributed by atoms with Crippen molar-refractivity contribution >= 4 is 17.7 Å². The van der Waals surface area contributed by atoms with Crippen molar-refractivity contribution in [1.82, 2.24) is 4.90 Å². The van der Waals surface area contributed by atoms with E-state index in [2.05, 4.69) is 6.07 Å². The van der Waals surface area contributed by atoms with E-state index in [1.165, 1.54) is 11.8 Å². The Labute approximate surface area is 174 Å². The van der Waals surface area contributed by atoms with Crippen molar-refractivity contribution in [2.75, 3.05) is 38.7 Å². The molecule has 5 rings (SSSR count). The van der Waals surface area contributed by atoms with E-state index in [9.17, 15) is 4.79 Å². The predicted molar refractivity (Wildman–Crippen MR) is 109 cm³/mol. The van der Waals surface area contributed by atoms with Gasteiger partial charge in [0.25, 0.3) is 0 Å². The van der Waals surface area contributed by atoms with E-state index in [-0.39, 0.29) is 11.9 Å². The zero-order valence-corrected chi connectivity index (χ0v) is 16.9. The van der Waals surface area contributed by atoms with Gasteiger partial charge in [-0.25, -0.2) is 0 Å². The topological polar surface area (TPSA) is 57.2 Å². The van der Waals surface area contributed by atoms with Crippen molar-refractivity contribution in [3.05, 3.63) is 42.0 Å². The minimum atomic E-state index is 0.0965. The zero-order valence-electron chi connectivity index (χ0n) is 16.1. The highest BCUT2D eigenvalue weighted by Gasteiger charge is 2.30. The molecule has 0 N–H and O–H groups in total. The molecule has 0 aromatic heterocycles. The van der Waals surface area contributed by atoms with Crippen LogP contribution in [-0.2, 0) is 4.79 Å². The molecule has 3 aliphatic rings. The molecule has 1 saturated heterocycles. The van der Waals surface area contributed by atoms with Gasteiger partial charge in [-0.15, -0.1) is 11.8 Å². The van der Waals surface area contributed by atoms with Crippen LogP contribution < -0.4 is 18.9 Å². The standard InChI is InChI=1S/C22H23NO5S/c24-22(14-29-16-4-6-19-21(13-16)28-11-9-26-19)23-7-1-2-17(23)15-3-5-18-20(12-15)27-10-8-25-18/h3-6,12-13,17H,1-2,7-11,14H2/t17-/m0/s1. The Bertz CT molecular complexity index is 918. The summed E-state index contributed by atoms with van der Waals surface area (Å²) in [6.07, 6.45) is 1.99. The maximum Gasteiger partial charge on any atom is 0.233 e. The van der Waals surface area contributed by atoms with Gasteiger partial charge in [0.05, 0.1) is 11.8 Å². The molecule has 3 aliphatic heterocycles. The molecule has 0 unspecified atom stereocenters. The normalized spacial score (nSPS) is 19.9. The number of carbonyl (C=O) groups is 1. The van der Waals surface area contributed by atoms with Gasteiger partial charge in [0.15, 0.2) is 23.0 Å². The Hall–Kier alpha value is -2.54. The Morgan fingerprint density at radius 1 is 0.897 bits per heavy atom. The monoisotopic (exact) mass is 413 g/mol. The molecule has 6 nitrogen and oxygen atoms in total. The summed E-state index contributed by atoms with van der Waals surface area (Å²) in [5.74, 6) is 3.64. The molecule has 1 amide bonds. The third-order valence-corrected chi connectivity index (χ3v) is 6.38. The van der Waals surface area contributed by atoms with Crippen LogP contribution in [0, 0.1) is 0 Å². The summed E-state index contributed by atoms with van der Waals surface area (Å²) in [5, 5.41) is 0. The SMILES string of the molecule is O=C(CSc1ccc2c(c1)OCCO2)N1CCC[C@H]1c1ccc2c(c1)OCCO2. The Morgan fingerprint density at radius 2 is 1.55 bits per heavy atom. The first kappa shape index (κ1) is 18.5. The molecule has 0 aliphatic carbocycles. The minimum Gasteiger partial charge on any atom is -0.486 e. The molecule has 2 aromatic carbocycles. The number of fused-ring (bicyclic) bond motifs is 2. The number of carbonyl (C=O) groups excluding carboxylic acids is 1. The molecule has 2 aromatic rings. The maximum absolute atomic E-state index is 13.0. The quantitative estimate of drug-likeness (QED) is 0.713. The fourth-order valence-electron chi connectivity index (χ4n) is 4.02. The van der Waals surface area contributed by atoms with Gasteiger partial charge in [-0.05, 0) is 48.7 Å². The molecular weight excluding hydrogens is 390 g/mol. The van der Waals surface area contributed by atoms with Crippen molar-refractivity contribution in [1.29, 1.82) is 0 Å². The fraction of sp³-hybridized carbons (Fsp3) is 0.409. The van der Waals surface area contributed by atoms with Gasteiger partial charge < -0.3 is 23.8 Å². The van der Waals surface area contributed by atoms with Crippen LogP contribution in [0.15, 0.2) is 41.3 Å². The third-order valence-electron chi connectivity index (χ3n) is 5.40. The van der Waals surface area contributed by atoms with Crippen molar-refractivity contribution in [2.45, 2.75) is 23.8 Å². The van der Waals surface area contributed by atoms with Gasteiger partial charge >= 0.3 is 0 Å². The summed E-state index contributed by atoms with van der Waals surface area (Å²) in [6, 6.07) is 12.0. The van der Waals surface area contributed by atoms with Crippen molar-refractivity contribution in [3.63, 3.8) is 0 Å². The molecule has 0 spiro atoms. The molecule has 0 radical (unpaired) electrons. The second-order valence-corrected chi connectivity index (χ2v) is 8.29. The van der Waals surface area contributed by atoms with Crippen LogP contribution in [0.4, 0.5) is 0 Å². The number of hydrogen-bond donors (Lipinski definition) is 0. The van der Waals surface area contributed by atoms with E-state index in [1.54, 1.807) is 0 Å². The number of thioether (sulfide) groups is 1. The first-order valence-corrected chi connectivity index (χ1v) is 11.0. The van der Waals surface area contributed by atoms with E-state index in [1.807, 2.05) is 35.2 Å². The number of nitrogens with zero attached hydrogens (tertiary/aromatic N) is 1. The van der Waals surface area contributed by atoms with Gasteiger partial charge in [-0.2, -0.15) is 0 Å². The molecular formula is C22H23NO5S. The highest BCUT2D eigenvalue weighted by molar-refractivity contribution is 8.00. The molecule has 0 bridgehead atoms. The predicted octanol–water partition coefficient (Wildman–Crippen LogP) is 3.68. The van der Waals surface area contributed by atoms with Crippen LogP contribution in [0.1, 0.15) is 24.4 Å². The highest BCUT2D eigenvalue weighted by Crippen LogP contribution is 2.39. The molecule has 1 fully saturated rings. The molecule has 1 atom stereocenters. The Balaban J connectivity index is 1.26. The first-order chi connectivity index (χ1) is 14.3. The van der Waals surface area contributed by atoms with Crippen LogP contribution >= 0.6 is 11.8 Å². The number of amides is 1. The van der Waals surface area contributed by atoms with E-state index >= 15 is 0 Å². The van der Waals surface area contributed by atoms with Gasteiger partial charge in [-0.3, -0.25) is 4.79 Å². The third kappa shape index (κ3) is 3.83. The summed E-state index contributed by atoms with van der Waals surface area (Å²) in [6.45, 7) is 3.08. The van der Waals surface area contributed by atoms with Gasteiger partial charge in [-0.1, -0.05) is 6.07 Å². The van der Waals surface area contributed by atoms with E-state index in [0.29, 0.717) is 32.2 Å². The molecule has 3 heterocycles. The van der Waals surface area contributed by atoms with Crippen LogP contribution in [0.3, 0.4) is 0 Å². The molecule has 7 heteroatoms. The number of ether oxygens (including phenoxy) is 4. The van der Waals surface area contributed by atoms with Crippen molar-refractivity contribution in [2.24, 2.45) is 0 Å². The average Bonchev–Trinajstić information content (AvgIpc) is 3.27. The number of hydrogen-bond acceptors (Lipinski definition) is 6. The maximum atomic E-state index is 13.0. The summed E-state index contributed by atoms with van der Waals surface area (Å²) in [7, 11) is 0. The Morgan fingerprint density at radius 3 is 2.31 bits per heavy atom. The number of likely N-dealkylation sites (tertiary alicyclic amines) is 1. The number of rotatable bonds is 4. The second-order valence-electron chi connectivity index (χ2n) is 7.24. The average molecular weight is 413 g/mol. The van der Waals surface area contributed by atoms with Crippen molar-refractivity contribution in [3.8, 4) is 23.0 Å². The van der Waals surface area contributed by atoms with Crippen LogP contribution in [0.25, 0.3) is 0 Å². The van der Waals surface area contributed by atoms with Gasteiger partial charge in [0, 0.05) is 11.4 Å². The van der Waals surface area contributed by atoms with Crippen LogP contribution in [0.2, 0.25) is 0 Å². The smallest absolute Gasteiger partial charge is 0.233 e. The van der Waals surface area contributed by atoms with Crippen LogP contribution in [0.5, 0.6) is 23.0 Å². The lowest BCUT2D eigenvalue weighted by molar-refractivity contribution is -0.129. The summed E-state index contributed by atoms with van der Waals surface area (Å²) in [5.41, 5.74) is 1.12. The van der Waals surface area contributed by atoms with E-state index < -0.39 is 0 Å². The van der Waals surface area contributed by atoms with Gasteiger partial charge in [0.1, 0.15) is 26.4 Å². The molecule has 29 heavy (non-hydrogen) atoms. The summed E-state index contributed by atoms with van der Waals surface area (Å²) < 4.78 is 22.5. The van der Waals surface area contributed by atoms with E-state index in [0.717, 1.165) is 52.8 Å². The van der Waals surface area contributed by atoms with Gasteiger partial charge in [0.2, 0.25) is 5.91 Å². The summed E-state index contributed by atoms with van der Waals surface area (Å²) >= 11 is 1.54. The summed E-state index contributed by atoms with van der Waals surface area (Å²) in [4.78, 5) is 16.0. The highest BCUT2D eigenvalue weighted by atomic mass is 32.2. The Kier molecular flexibility index (Phi) is 5.14. The molecule has 0 saturated carbocycles. The minimum absolute atomic E-state index is 0.0965. The first-order valence-electron chi connectivity index (χ1n) is 9.99. The second kappa shape index (κ2) is 8.06. The van der Waals surface area contributed by atoms with Crippen molar-refractivity contribution < 1.29 is 23.7 Å². The lowest BCUT2D eigenvalue weighted by atomic mass is 10.0. The van der Waals surface area contributed by atoms with E-state index in [4.69, 9.17) is 18.9 Å². The lowest BCUT2D eigenvalue weighted by Crippen LogP contribution is -2.32. The van der Waals surface area contributed by atoms with Crippen LogP contribution in [-0.4, -0.2) is 49.5 Å². The largest absolute Gasteiger partial charge is 0.486 e. The number of benzene rings is 2.